The lowest BCUT2D eigenvalue weighted by Crippen LogP contribution is -2.39. The van der Waals surface area contributed by atoms with E-state index < -0.39 is 0 Å². The fourth-order valence-electron chi connectivity index (χ4n) is 4.13. The SMILES string of the molecule is CC(=O)N1CC[C@H](c2ncc3c(n2)CCN(C(=O)[C@H](C)c2ccccc2)C3)C1. The molecule has 2 aliphatic rings. The zero-order chi connectivity index (χ0) is 19.7. The van der Waals surface area contributed by atoms with E-state index in [0.717, 1.165) is 42.0 Å². The van der Waals surface area contributed by atoms with Crippen LogP contribution in [0.25, 0.3) is 0 Å². The van der Waals surface area contributed by atoms with Crippen molar-refractivity contribution in [3.8, 4) is 0 Å². The van der Waals surface area contributed by atoms with Crippen LogP contribution in [0.3, 0.4) is 0 Å². The van der Waals surface area contributed by atoms with Gasteiger partial charge in [0.2, 0.25) is 11.8 Å². The Morgan fingerprint density at radius 2 is 1.93 bits per heavy atom. The maximum absolute atomic E-state index is 12.9. The lowest BCUT2D eigenvalue weighted by Gasteiger charge is -2.30. The summed E-state index contributed by atoms with van der Waals surface area (Å²) < 4.78 is 0. The van der Waals surface area contributed by atoms with Crippen LogP contribution in [0.4, 0.5) is 0 Å². The van der Waals surface area contributed by atoms with Crippen molar-refractivity contribution in [2.75, 3.05) is 19.6 Å². The van der Waals surface area contributed by atoms with Crippen molar-refractivity contribution in [3.63, 3.8) is 0 Å². The van der Waals surface area contributed by atoms with Crippen LogP contribution in [0.2, 0.25) is 0 Å². The van der Waals surface area contributed by atoms with Crippen molar-refractivity contribution in [2.24, 2.45) is 0 Å². The first-order valence-electron chi connectivity index (χ1n) is 9.97. The molecular weight excluding hydrogens is 352 g/mol. The minimum Gasteiger partial charge on any atom is -0.342 e. The van der Waals surface area contributed by atoms with Crippen molar-refractivity contribution in [1.82, 2.24) is 19.8 Å². The average molecular weight is 378 g/mol. The molecule has 1 aromatic carbocycles. The van der Waals surface area contributed by atoms with Crippen LogP contribution in [0.1, 0.15) is 54.7 Å². The van der Waals surface area contributed by atoms with Crippen molar-refractivity contribution in [2.45, 2.75) is 45.1 Å². The van der Waals surface area contributed by atoms with Gasteiger partial charge >= 0.3 is 0 Å². The van der Waals surface area contributed by atoms with Crippen LogP contribution >= 0.6 is 0 Å². The minimum atomic E-state index is -0.154. The molecule has 3 heterocycles. The number of hydrogen-bond acceptors (Lipinski definition) is 4. The van der Waals surface area contributed by atoms with E-state index in [0.29, 0.717) is 19.6 Å². The van der Waals surface area contributed by atoms with E-state index in [1.807, 2.05) is 53.3 Å². The van der Waals surface area contributed by atoms with Gasteiger partial charge in [-0.2, -0.15) is 0 Å². The summed E-state index contributed by atoms with van der Waals surface area (Å²) in [5, 5.41) is 0. The van der Waals surface area contributed by atoms with Gasteiger partial charge in [-0.3, -0.25) is 9.59 Å². The first-order chi connectivity index (χ1) is 13.5. The highest BCUT2D eigenvalue weighted by Crippen LogP contribution is 2.27. The topological polar surface area (TPSA) is 66.4 Å². The van der Waals surface area contributed by atoms with Crippen molar-refractivity contribution < 1.29 is 9.59 Å². The Labute approximate surface area is 165 Å². The van der Waals surface area contributed by atoms with Crippen LogP contribution in [0.15, 0.2) is 36.5 Å². The van der Waals surface area contributed by atoms with Gasteiger partial charge in [-0.05, 0) is 18.9 Å². The number of fused-ring (bicyclic) bond motifs is 1. The first kappa shape index (κ1) is 18.6. The van der Waals surface area contributed by atoms with Gasteiger partial charge in [-0.25, -0.2) is 9.97 Å². The third kappa shape index (κ3) is 3.63. The maximum Gasteiger partial charge on any atom is 0.230 e. The summed E-state index contributed by atoms with van der Waals surface area (Å²) in [4.78, 5) is 37.6. The van der Waals surface area contributed by atoms with E-state index in [2.05, 4.69) is 4.98 Å². The summed E-state index contributed by atoms with van der Waals surface area (Å²) in [6, 6.07) is 9.91. The Bertz CT molecular complexity index is 883. The van der Waals surface area contributed by atoms with E-state index in [4.69, 9.17) is 4.98 Å². The highest BCUT2D eigenvalue weighted by Gasteiger charge is 2.30. The molecule has 2 atom stereocenters. The number of likely N-dealkylation sites (tertiary alicyclic amines) is 1. The van der Waals surface area contributed by atoms with Crippen LogP contribution in [0, 0.1) is 0 Å². The Balaban J connectivity index is 1.45. The molecular formula is C22H26N4O2. The predicted molar refractivity (Wildman–Crippen MR) is 106 cm³/mol. The van der Waals surface area contributed by atoms with Gasteiger partial charge in [0.05, 0.1) is 11.6 Å². The second kappa shape index (κ2) is 7.70. The van der Waals surface area contributed by atoms with Crippen LogP contribution < -0.4 is 0 Å². The largest absolute Gasteiger partial charge is 0.342 e. The van der Waals surface area contributed by atoms with Crippen LogP contribution in [-0.4, -0.2) is 51.2 Å². The molecule has 0 spiro atoms. The third-order valence-corrected chi connectivity index (χ3v) is 5.93. The number of carbonyl (C=O) groups is 2. The molecule has 0 unspecified atom stereocenters. The molecule has 1 fully saturated rings. The summed E-state index contributed by atoms with van der Waals surface area (Å²) >= 11 is 0. The molecule has 2 aliphatic heterocycles. The van der Waals surface area contributed by atoms with E-state index in [9.17, 15) is 9.59 Å². The van der Waals surface area contributed by atoms with E-state index in [1.54, 1.807) is 6.92 Å². The number of hydrogen-bond donors (Lipinski definition) is 0. The maximum atomic E-state index is 12.9. The highest BCUT2D eigenvalue weighted by molar-refractivity contribution is 5.83. The average Bonchev–Trinajstić information content (AvgIpc) is 3.23. The second-order valence-corrected chi connectivity index (χ2v) is 7.79. The van der Waals surface area contributed by atoms with Crippen molar-refractivity contribution >= 4 is 11.8 Å². The quantitative estimate of drug-likeness (QED) is 0.823. The third-order valence-electron chi connectivity index (χ3n) is 5.93. The molecule has 2 aromatic rings. The van der Waals surface area contributed by atoms with Gasteiger partial charge in [0, 0.05) is 57.2 Å². The zero-order valence-corrected chi connectivity index (χ0v) is 16.5. The van der Waals surface area contributed by atoms with Gasteiger partial charge < -0.3 is 9.80 Å². The summed E-state index contributed by atoms with van der Waals surface area (Å²) in [6.45, 7) is 6.30. The number of carbonyl (C=O) groups excluding carboxylic acids is 2. The molecule has 6 heteroatoms. The standard InChI is InChI=1S/C22H26N4O2/c1-15(17-6-4-3-5-7-17)22(28)26-11-9-20-19(14-26)12-23-21(24-20)18-8-10-25(13-18)16(2)27/h3-7,12,15,18H,8-11,13-14H2,1-2H3/t15-,18+/m1/s1. The highest BCUT2D eigenvalue weighted by atomic mass is 16.2. The van der Waals surface area contributed by atoms with Gasteiger partial charge in [0.25, 0.3) is 0 Å². The smallest absolute Gasteiger partial charge is 0.230 e. The summed E-state index contributed by atoms with van der Waals surface area (Å²) in [6.07, 6.45) is 3.54. The fraction of sp³-hybridized carbons (Fsp3) is 0.455. The number of rotatable bonds is 3. The number of benzene rings is 1. The second-order valence-electron chi connectivity index (χ2n) is 7.79. The Morgan fingerprint density at radius 1 is 1.14 bits per heavy atom. The molecule has 1 saturated heterocycles. The van der Waals surface area contributed by atoms with E-state index in [1.165, 1.54) is 0 Å². The lowest BCUT2D eigenvalue weighted by atomic mass is 9.98. The first-order valence-corrected chi connectivity index (χ1v) is 9.97. The minimum absolute atomic E-state index is 0.113. The van der Waals surface area contributed by atoms with E-state index >= 15 is 0 Å². The molecule has 0 N–H and O–H groups in total. The Kier molecular flexibility index (Phi) is 5.11. The molecule has 2 amide bonds. The molecule has 0 bridgehead atoms. The monoisotopic (exact) mass is 378 g/mol. The van der Waals surface area contributed by atoms with E-state index in [-0.39, 0.29) is 23.7 Å². The van der Waals surface area contributed by atoms with Crippen LogP contribution in [0.5, 0.6) is 0 Å². The molecule has 0 saturated carbocycles. The molecule has 0 radical (unpaired) electrons. The molecule has 1 aromatic heterocycles. The number of amides is 2. The predicted octanol–water partition coefficient (Wildman–Crippen LogP) is 2.50. The van der Waals surface area contributed by atoms with Crippen molar-refractivity contribution in [1.29, 1.82) is 0 Å². The molecule has 28 heavy (non-hydrogen) atoms. The number of aromatic nitrogens is 2. The molecule has 146 valence electrons. The van der Waals surface area contributed by atoms with Crippen LogP contribution in [-0.2, 0) is 22.6 Å². The van der Waals surface area contributed by atoms with Gasteiger partial charge in [0.1, 0.15) is 5.82 Å². The summed E-state index contributed by atoms with van der Waals surface area (Å²) in [7, 11) is 0. The number of nitrogens with zero attached hydrogens (tertiary/aromatic N) is 4. The normalized spacial score (nSPS) is 20.0. The molecule has 6 nitrogen and oxygen atoms in total. The van der Waals surface area contributed by atoms with Gasteiger partial charge in [-0.15, -0.1) is 0 Å². The Morgan fingerprint density at radius 3 is 2.64 bits per heavy atom. The van der Waals surface area contributed by atoms with Gasteiger partial charge in [-0.1, -0.05) is 30.3 Å². The Hall–Kier alpha value is -2.76. The molecule has 4 rings (SSSR count). The van der Waals surface area contributed by atoms with Crippen molar-refractivity contribution in [3.05, 3.63) is 59.2 Å². The summed E-state index contributed by atoms with van der Waals surface area (Å²) in [5.41, 5.74) is 3.12. The van der Waals surface area contributed by atoms with Gasteiger partial charge in [0.15, 0.2) is 0 Å². The molecule has 0 aliphatic carbocycles. The lowest BCUT2D eigenvalue weighted by molar-refractivity contribution is -0.133. The summed E-state index contributed by atoms with van der Waals surface area (Å²) in [5.74, 6) is 1.15. The fourth-order valence-corrected chi connectivity index (χ4v) is 4.13. The zero-order valence-electron chi connectivity index (χ0n) is 16.5.